The Morgan fingerprint density at radius 1 is 1.42 bits per heavy atom. The summed E-state index contributed by atoms with van der Waals surface area (Å²) in [6.45, 7) is 0. The first-order valence-electron chi connectivity index (χ1n) is 5.35. The molecule has 1 unspecified atom stereocenters. The maximum Gasteiger partial charge on any atom is 0.240 e. The zero-order valence-corrected chi connectivity index (χ0v) is 12.0. The Bertz CT molecular complexity index is 563. The second kappa shape index (κ2) is 6.16. The van der Waals surface area contributed by atoms with Gasteiger partial charge in [-0.3, -0.25) is 5.84 Å². The van der Waals surface area contributed by atoms with Gasteiger partial charge in [-0.05, 0) is 11.4 Å². The highest BCUT2D eigenvalue weighted by molar-refractivity contribution is 7.10. The Balaban J connectivity index is 2.46. The van der Waals surface area contributed by atoms with Gasteiger partial charge >= 0.3 is 0 Å². The number of rotatable bonds is 5. The van der Waals surface area contributed by atoms with E-state index in [4.69, 9.17) is 26.9 Å². The lowest BCUT2D eigenvalue weighted by Gasteiger charge is -2.16. The highest BCUT2D eigenvalue weighted by atomic mass is 35.5. The number of nitrogens with two attached hydrogens (primary N) is 1. The largest absolute Gasteiger partial charge is 0.480 e. The van der Waals surface area contributed by atoms with Crippen molar-refractivity contribution < 1.29 is 9.47 Å². The summed E-state index contributed by atoms with van der Waals surface area (Å²) in [5.74, 6) is 6.31. The quantitative estimate of drug-likeness (QED) is 0.647. The van der Waals surface area contributed by atoms with Crippen molar-refractivity contribution in [2.75, 3.05) is 14.2 Å². The number of methoxy groups -OCH3 is 2. The molecule has 19 heavy (non-hydrogen) atoms. The van der Waals surface area contributed by atoms with Crippen molar-refractivity contribution in [1.82, 2.24) is 15.4 Å². The molecule has 0 aromatic carbocycles. The molecule has 3 N–H and O–H groups in total. The number of aromatic nitrogens is 2. The van der Waals surface area contributed by atoms with Crippen LogP contribution in [0.25, 0.3) is 0 Å². The van der Waals surface area contributed by atoms with E-state index in [1.54, 1.807) is 6.07 Å². The number of hydrogen-bond acceptors (Lipinski definition) is 7. The zero-order valence-electron chi connectivity index (χ0n) is 10.4. The van der Waals surface area contributed by atoms with Gasteiger partial charge in [-0.25, -0.2) is 10.4 Å². The second-order valence-corrected chi connectivity index (χ2v) is 4.89. The number of nitrogens with one attached hydrogen (secondary N) is 1. The van der Waals surface area contributed by atoms with Gasteiger partial charge in [0.15, 0.2) is 0 Å². The highest BCUT2D eigenvalue weighted by Gasteiger charge is 2.23. The molecule has 0 saturated heterocycles. The van der Waals surface area contributed by atoms with Crippen LogP contribution in [0.4, 0.5) is 0 Å². The van der Waals surface area contributed by atoms with Crippen LogP contribution in [0, 0.1) is 0 Å². The van der Waals surface area contributed by atoms with E-state index in [0.29, 0.717) is 22.5 Å². The van der Waals surface area contributed by atoms with Crippen molar-refractivity contribution in [2.45, 2.75) is 6.04 Å². The van der Waals surface area contributed by atoms with Gasteiger partial charge in [0.2, 0.25) is 11.8 Å². The molecule has 8 heteroatoms. The van der Waals surface area contributed by atoms with Crippen molar-refractivity contribution in [3.63, 3.8) is 0 Å². The molecule has 2 rings (SSSR count). The van der Waals surface area contributed by atoms with E-state index in [1.165, 1.54) is 31.8 Å². The van der Waals surface area contributed by atoms with Crippen LogP contribution in [0.15, 0.2) is 17.6 Å². The first-order chi connectivity index (χ1) is 9.21. The molecule has 0 bridgehead atoms. The Labute approximate surface area is 119 Å². The number of hydrogen-bond donors (Lipinski definition) is 2. The number of nitrogens with zero attached hydrogens (tertiary/aromatic N) is 2. The van der Waals surface area contributed by atoms with Crippen LogP contribution >= 0.6 is 22.9 Å². The molecule has 0 saturated carbocycles. The molecule has 0 aliphatic heterocycles. The minimum absolute atomic E-state index is 0.340. The van der Waals surface area contributed by atoms with Gasteiger partial charge < -0.3 is 9.47 Å². The minimum Gasteiger partial charge on any atom is -0.480 e. The fourth-order valence-corrected chi connectivity index (χ4v) is 2.83. The molecule has 0 spiro atoms. The minimum atomic E-state index is -0.388. The monoisotopic (exact) mass is 300 g/mol. The zero-order chi connectivity index (χ0) is 13.8. The molecule has 0 amide bonds. The van der Waals surface area contributed by atoms with Gasteiger partial charge in [-0.15, -0.1) is 11.3 Å². The summed E-state index contributed by atoms with van der Waals surface area (Å²) in [6.07, 6.45) is 1.50. The van der Waals surface area contributed by atoms with Gasteiger partial charge in [0.05, 0.1) is 25.4 Å². The SMILES string of the molecule is COc1cnc(C(NN)c2sccc2Cl)c(OC)n1. The van der Waals surface area contributed by atoms with Crippen LogP contribution in [-0.4, -0.2) is 24.2 Å². The average Bonchev–Trinajstić information content (AvgIpc) is 2.86. The number of ether oxygens (including phenoxy) is 2. The Morgan fingerprint density at radius 3 is 2.74 bits per heavy atom. The van der Waals surface area contributed by atoms with E-state index in [0.717, 1.165) is 4.88 Å². The molecule has 2 aromatic rings. The lowest BCUT2D eigenvalue weighted by Crippen LogP contribution is -2.29. The van der Waals surface area contributed by atoms with Gasteiger partial charge in [-0.1, -0.05) is 11.6 Å². The molecule has 0 fully saturated rings. The van der Waals surface area contributed by atoms with E-state index >= 15 is 0 Å². The average molecular weight is 301 g/mol. The van der Waals surface area contributed by atoms with Crippen LogP contribution < -0.4 is 20.7 Å². The van der Waals surface area contributed by atoms with Crippen LogP contribution in [0.5, 0.6) is 11.8 Å². The standard InChI is InChI=1S/C11H13ClN4O2S/c1-17-7-5-14-9(11(15-7)18-2)8(16-13)10-6(12)3-4-19-10/h3-5,8,16H,13H2,1-2H3. The van der Waals surface area contributed by atoms with Gasteiger partial charge in [-0.2, -0.15) is 4.98 Å². The van der Waals surface area contributed by atoms with Crippen LogP contribution in [0.2, 0.25) is 5.02 Å². The summed E-state index contributed by atoms with van der Waals surface area (Å²) in [5, 5.41) is 2.50. The van der Waals surface area contributed by atoms with Gasteiger partial charge in [0, 0.05) is 4.88 Å². The second-order valence-electron chi connectivity index (χ2n) is 3.54. The van der Waals surface area contributed by atoms with Crippen molar-refractivity contribution in [1.29, 1.82) is 0 Å². The van der Waals surface area contributed by atoms with Crippen LogP contribution in [0.1, 0.15) is 16.6 Å². The van der Waals surface area contributed by atoms with Crippen molar-refractivity contribution in [3.05, 3.63) is 33.2 Å². The van der Waals surface area contributed by atoms with Gasteiger partial charge in [0.25, 0.3) is 0 Å². The molecule has 0 aliphatic carbocycles. The van der Waals surface area contributed by atoms with Crippen LogP contribution in [0.3, 0.4) is 0 Å². The van der Waals surface area contributed by atoms with Crippen LogP contribution in [-0.2, 0) is 0 Å². The third kappa shape index (κ3) is 2.79. The predicted octanol–water partition coefficient (Wildman–Crippen LogP) is 1.76. The molecule has 102 valence electrons. The first kappa shape index (κ1) is 14.0. The van der Waals surface area contributed by atoms with E-state index in [2.05, 4.69) is 15.4 Å². The summed E-state index contributed by atoms with van der Waals surface area (Å²) in [5.41, 5.74) is 3.23. The topological polar surface area (TPSA) is 82.3 Å². The molecular formula is C11H13ClN4O2S. The summed E-state index contributed by atoms with van der Waals surface area (Å²) >= 11 is 7.60. The Hall–Kier alpha value is -1.41. The fourth-order valence-electron chi connectivity index (χ4n) is 1.60. The molecule has 2 aromatic heterocycles. The Morgan fingerprint density at radius 2 is 2.21 bits per heavy atom. The normalized spacial score (nSPS) is 12.2. The molecule has 2 heterocycles. The smallest absolute Gasteiger partial charge is 0.240 e. The lowest BCUT2D eigenvalue weighted by atomic mass is 10.2. The van der Waals surface area contributed by atoms with E-state index in [9.17, 15) is 0 Å². The summed E-state index contributed by atoms with van der Waals surface area (Å²) in [6, 6.07) is 1.41. The summed E-state index contributed by atoms with van der Waals surface area (Å²) < 4.78 is 10.2. The Kier molecular flexibility index (Phi) is 4.54. The van der Waals surface area contributed by atoms with Crippen molar-refractivity contribution in [2.24, 2.45) is 5.84 Å². The summed E-state index contributed by atoms with van der Waals surface area (Å²) in [4.78, 5) is 9.31. The predicted molar refractivity (Wildman–Crippen MR) is 73.6 cm³/mol. The fraction of sp³-hybridized carbons (Fsp3) is 0.273. The lowest BCUT2D eigenvalue weighted by molar-refractivity contribution is 0.353. The van der Waals surface area contributed by atoms with E-state index in [1.807, 2.05) is 5.38 Å². The third-order valence-corrected chi connectivity index (χ3v) is 3.92. The number of thiophene rings is 1. The molecule has 6 nitrogen and oxygen atoms in total. The molecule has 0 aliphatic rings. The molecule has 1 atom stereocenters. The number of hydrazine groups is 1. The maximum atomic E-state index is 6.12. The third-order valence-electron chi connectivity index (χ3n) is 2.49. The van der Waals surface area contributed by atoms with Crippen molar-refractivity contribution >= 4 is 22.9 Å². The van der Waals surface area contributed by atoms with Gasteiger partial charge in [0.1, 0.15) is 11.7 Å². The number of halogens is 1. The van der Waals surface area contributed by atoms with E-state index in [-0.39, 0.29) is 6.04 Å². The highest BCUT2D eigenvalue weighted by Crippen LogP contribution is 2.34. The molecular weight excluding hydrogens is 288 g/mol. The molecule has 0 radical (unpaired) electrons. The first-order valence-corrected chi connectivity index (χ1v) is 6.61. The summed E-state index contributed by atoms with van der Waals surface area (Å²) in [7, 11) is 3.02. The maximum absolute atomic E-state index is 6.12. The van der Waals surface area contributed by atoms with E-state index < -0.39 is 0 Å². The van der Waals surface area contributed by atoms with Crippen molar-refractivity contribution in [3.8, 4) is 11.8 Å².